The van der Waals surface area contributed by atoms with E-state index in [0.29, 0.717) is 11.5 Å². The fraction of sp³-hybridized carbons (Fsp3) is 0.375. The van der Waals surface area contributed by atoms with E-state index in [1.54, 1.807) is 0 Å². The molecular formula is C24H27N3O. The summed E-state index contributed by atoms with van der Waals surface area (Å²) in [6.07, 6.45) is 3.15. The van der Waals surface area contributed by atoms with Crippen LogP contribution >= 0.6 is 0 Å². The van der Waals surface area contributed by atoms with Gasteiger partial charge in [-0.3, -0.25) is 4.79 Å². The van der Waals surface area contributed by atoms with Crippen LogP contribution in [0.5, 0.6) is 0 Å². The maximum atomic E-state index is 13.4. The van der Waals surface area contributed by atoms with Gasteiger partial charge in [-0.2, -0.15) is 0 Å². The monoisotopic (exact) mass is 373 g/mol. The lowest BCUT2D eigenvalue weighted by molar-refractivity contribution is 0.0714. The largest absolute Gasteiger partial charge is 0.335 e. The Morgan fingerprint density at radius 2 is 1.79 bits per heavy atom. The highest BCUT2D eigenvalue weighted by Gasteiger charge is 2.35. The van der Waals surface area contributed by atoms with E-state index in [9.17, 15) is 4.79 Å². The number of amides is 1. The first kappa shape index (κ1) is 18.6. The van der Waals surface area contributed by atoms with E-state index in [1.165, 1.54) is 5.56 Å². The third kappa shape index (κ3) is 3.39. The Kier molecular flexibility index (Phi) is 5.12. The third-order valence-corrected chi connectivity index (χ3v) is 6.01. The molecule has 28 heavy (non-hydrogen) atoms. The number of hydrogen-bond donors (Lipinski definition) is 0. The number of aromatic nitrogens is 2. The molecule has 2 unspecified atom stereocenters. The van der Waals surface area contributed by atoms with E-state index in [0.717, 1.165) is 48.2 Å². The molecule has 0 radical (unpaired) electrons. The van der Waals surface area contributed by atoms with Crippen molar-refractivity contribution in [1.82, 2.24) is 14.9 Å². The maximum absolute atomic E-state index is 13.4. The molecule has 0 N–H and O–H groups in total. The second kappa shape index (κ2) is 7.70. The van der Waals surface area contributed by atoms with E-state index < -0.39 is 0 Å². The SMILES string of the molecule is CCC(c1ccccc1)C1CCCN1C(=O)c1ccc2nc(C)c(C)nc2c1. The van der Waals surface area contributed by atoms with Gasteiger partial charge in [0.1, 0.15) is 0 Å². The zero-order valence-corrected chi connectivity index (χ0v) is 16.9. The van der Waals surface area contributed by atoms with Gasteiger partial charge < -0.3 is 4.90 Å². The van der Waals surface area contributed by atoms with E-state index in [2.05, 4.69) is 46.1 Å². The Bertz CT molecular complexity index is 999. The first-order valence-electron chi connectivity index (χ1n) is 10.2. The van der Waals surface area contributed by atoms with E-state index in [4.69, 9.17) is 0 Å². The number of aryl methyl sites for hydroxylation is 2. The van der Waals surface area contributed by atoms with Crippen LogP contribution in [0.3, 0.4) is 0 Å². The van der Waals surface area contributed by atoms with Crippen LogP contribution in [0.2, 0.25) is 0 Å². The molecule has 1 saturated heterocycles. The summed E-state index contributed by atoms with van der Waals surface area (Å²) in [6.45, 7) is 6.96. The first-order chi connectivity index (χ1) is 13.6. The van der Waals surface area contributed by atoms with Crippen LogP contribution in [0.4, 0.5) is 0 Å². The molecule has 1 aliphatic heterocycles. The van der Waals surface area contributed by atoms with Crippen molar-refractivity contribution in [1.29, 1.82) is 0 Å². The minimum absolute atomic E-state index is 0.110. The third-order valence-electron chi connectivity index (χ3n) is 6.01. The summed E-state index contributed by atoms with van der Waals surface area (Å²) in [5.74, 6) is 0.483. The van der Waals surface area contributed by atoms with E-state index in [-0.39, 0.29) is 11.9 Å². The summed E-state index contributed by atoms with van der Waals surface area (Å²) < 4.78 is 0. The standard InChI is InChI=1S/C24H27N3O/c1-4-20(18-9-6-5-7-10-18)23-11-8-14-27(23)24(28)19-12-13-21-22(15-19)26-17(3)16(2)25-21/h5-7,9-10,12-13,15,20,23H,4,8,11,14H2,1-3H3. The fourth-order valence-electron chi connectivity index (χ4n) is 4.42. The minimum Gasteiger partial charge on any atom is -0.335 e. The van der Waals surface area contributed by atoms with Crippen molar-refractivity contribution in [2.75, 3.05) is 6.54 Å². The van der Waals surface area contributed by atoms with Gasteiger partial charge in [0.25, 0.3) is 5.91 Å². The fourth-order valence-corrected chi connectivity index (χ4v) is 4.42. The molecule has 2 atom stereocenters. The molecule has 3 aromatic rings. The second-order valence-electron chi connectivity index (χ2n) is 7.73. The Labute approximate surface area is 166 Å². The minimum atomic E-state index is 0.110. The number of hydrogen-bond acceptors (Lipinski definition) is 3. The second-order valence-corrected chi connectivity index (χ2v) is 7.73. The summed E-state index contributed by atoms with van der Waals surface area (Å²) in [5.41, 5.74) is 5.50. The molecule has 1 aromatic heterocycles. The molecule has 4 heteroatoms. The van der Waals surface area contributed by atoms with Gasteiger partial charge in [0.15, 0.2) is 0 Å². The molecule has 4 nitrogen and oxygen atoms in total. The normalized spacial score (nSPS) is 17.8. The van der Waals surface area contributed by atoms with Crippen molar-refractivity contribution in [3.05, 3.63) is 71.0 Å². The lowest BCUT2D eigenvalue weighted by atomic mass is 9.87. The van der Waals surface area contributed by atoms with E-state index in [1.807, 2.05) is 38.1 Å². The van der Waals surface area contributed by atoms with Crippen molar-refractivity contribution in [3.8, 4) is 0 Å². The van der Waals surface area contributed by atoms with Crippen molar-refractivity contribution in [2.24, 2.45) is 0 Å². The van der Waals surface area contributed by atoms with Crippen LogP contribution in [-0.4, -0.2) is 33.4 Å². The quantitative estimate of drug-likeness (QED) is 0.643. The van der Waals surface area contributed by atoms with Crippen molar-refractivity contribution >= 4 is 16.9 Å². The number of rotatable bonds is 4. The number of fused-ring (bicyclic) bond motifs is 1. The smallest absolute Gasteiger partial charge is 0.254 e. The summed E-state index contributed by atoms with van der Waals surface area (Å²) >= 11 is 0. The first-order valence-corrected chi connectivity index (χ1v) is 10.2. The van der Waals surface area contributed by atoms with Crippen LogP contribution < -0.4 is 0 Å². The van der Waals surface area contributed by atoms with Crippen LogP contribution in [0.15, 0.2) is 48.5 Å². The van der Waals surface area contributed by atoms with Gasteiger partial charge in [0, 0.05) is 24.1 Å². The van der Waals surface area contributed by atoms with Gasteiger partial charge >= 0.3 is 0 Å². The number of benzene rings is 2. The van der Waals surface area contributed by atoms with Gasteiger partial charge in [-0.05, 0) is 56.9 Å². The van der Waals surface area contributed by atoms with E-state index >= 15 is 0 Å². The topological polar surface area (TPSA) is 46.1 Å². The van der Waals surface area contributed by atoms with Crippen molar-refractivity contribution in [2.45, 2.75) is 52.0 Å². The number of likely N-dealkylation sites (tertiary alicyclic amines) is 1. The summed E-state index contributed by atoms with van der Waals surface area (Å²) in [7, 11) is 0. The van der Waals surface area contributed by atoms with Crippen LogP contribution in [0, 0.1) is 13.8 Å². The summed E-state index contributed by atoms with van der Waals surface area (Å²) in [6, 6.07) is 16.6. The molecule has 0 bridgehead atoms. The van der Waals surface area contributed by atoms with Crippen molar-refractivity contribution in [3.63, 3.8) is 0 Å². The number of nitrogens with zero attached hydrogens (tertiary/aromatic N) is 3. The maximum Gasteiger partial charge on any atom is 0.254 e. The van der Waals surface area contributed by atoms with Gasteiger partial charge in [-0.1, -0.05) is 37.3 Å². The Morgan fingerprint density at radius 3 is 2.50 bits per heavy atom. The van der Waals surface area contributed by atoms with Crippen LogP contribution in [0.1, 0.15) is 59.4 Å². The predicted molar refractivity (Wildman–Crippen MR) is 113 cm³/mol. The molecule has 4 rings (SSSR count). The van der Waals surface area contributed by atoms with Crippen LogP contribution in [-0.2, 0) is 0 Å². The van der Waals surface area contributed by atoms with Gasteiger partial charge in [-0.15, -0.1) is 0 Å². The number of carbonyl (C=O) groups excluding carboxylic acids is 1. The summed E-state index contributed by atoms with van der Waals surface area (Å²) in [4.78, 5) is 24.7. The average Bonchev–Trinajstić information content (AvgIpc) is 3.19. The summed E-state index contributed by atoms with van der Waals surface area (Å²) in [5, 5.41) is 0. The molecular weight excluding hydrogens is 346 g/mol. The Morgan fingerprint density at radius 1 is 1.07 bits per heavy atom. The molecule has 144 valence electrons. The highest BCUT2D eigenvalue weighted by Crippen LogP contribution is 2.34. The molecule has 1 aliphatic rings. The highest BCUT2D eigenvalue weighted by atomic mass is 16.2. The molecule has 0 spiro atoms. The van der Waals surface area contributed by atoms with Gasteiger partial charge in [-0.25, -0.2) is 9.97 Å². The van der Waals surface area contributed by atoms with Gasteiger partial charge in [0.2, 0.25) is 0 Å². The number of carbonyl (C=O) groups is 1. The Balaban J connectivity index is 1.65. The molecule has 0 aliphatic carbocycles. The molecule has 2 aromatic carbocycles. The van der Waals surface area contributed by atoms with Gasteiger partial charge in [0.05, 0.1) is 22.4 Å². The lowest BCUT2D eigenvalue weighted by Crippen LogP contribution is -2.39. The molecule has 1 amide bonds. The molecule has 1 fully saturated rings. The Hall–Kier alpha value is -2.75. The van der Waals surface area contributed by atoms with Crippen molar-refractivity contribution < 1.29 is 4.79 Å². The zero-order chi connectivity index (χ0) is 19.7. The highest BCUT2D eigenvalue weighted by molar-refractivity contribution is 5.97. The molecule has 2 heterocycles. The average molecular weight is 374 g/mol. The molecule has 0 saturated carbocycles. The van der Waals surface area contributed by atoms with Crippen LogP contribution in [0.25, 0.3) is 11.0 Å². The zero-order valence-electron chi connectivity index (χ0n) is 16.9. The predicted octanol–water partition coefficient (Wildman–Crippen LogP) is 5.05. The lowest BCUT2D eigenvalue weighted by Gasteiger charge is -2.32.